The molecule has 0 bridgehead atoms. The topological polar surface area (TPSA) is 67.5 Å². The molecule has 0 aliphatic heterocycles. The second-order valence-corrected chi connectivity index (χ2v) is 5.52. The molecule has 2 rings (SSSR count). The molecule has 1 aromatic carbocycles. The van der Waals surface area contributed by atoms with Crippen molar-refractivity contribution in [2.75, 3.05) is 17.7 Å². The maximum Gasteiger partial charge on any atom is 0.144 e. The van der Waals surface area contributed by atoms with Crippen molar-refractivity contribution >= 4 is 11.4 Å². The molecule has 2 unspecified atom stereocenters. The minimum absolute atomic E-state index is 0.0845. The van der Waals surface area contributed by atoms with Gasteiger partial charge in [-0.1, -0.05) is 32.3 Å². The summed E-state index contributed by atoms with van der Waals surface area (Å²) in [7, 11) is 0. The minimum atomic E-state index is -0.294. The molecule has 4 nitrogen and oxygen atoms in total. The van der Waals surface area contributed by atoms with Crippen LogP contribution in [0.15, 0.2) is 18.2 Å². The Morgan fingerprint density at radius 3 is 2.90 bits per heavy atom. The van der Waals surface area contributed by atoms with Crippen LogP contribution < -0.4 is 15.8 Å². The van der Waals surface area contributed by atoms with E-state index in [1.165, 1.54) is 6.42 Å². The highest BCUT2D eigenvalue weighted by Crippen LogP contribution is 2.31. The second kappa shape index (κ2) is 7.39. The highest BCUT2D eigenvalue weighted by Gasteiger charge is 2.22. The molecule has 1 fully saturated rings. The summed E-state index contributed by atoms with van der Waals surface area (Å²) in [5.41, 5.74) is 7.66. The third-order valence-corrected chi connectivity index (χ3v) is 3.85. The smallest absolute Gasteiger partial charge is 0.144 e. The van der Waals surface area contributed by atoms with E-state index in [-0.39, 0.29) is 12.1 Å². The molecular weight excluding hydrogens is 252 g/mol. The molecule has 1 aromatic rings. The van der Waals surface area contributed by atoms with Gasteiger partial charge in [0.15, 0.2) is 0 Å². The van der Waals surface area contributed by atoms with Gasteiger partial charge in [0.05, 0.1) is 30.1 Å². The van der Waals surface area contributed by atoms with Crippen LogP contribution in [0.4, 0.5) is 11.4 Å². The van der Waals surface area contributed by atoms with E-state index in [9.17, 15) is 5.11 Å². The van der Waals surface area contributed by atoms with Gasteiger partial charge in [0.1, 0.15) is 5.75 Å². The van der Waals surface area contributed by atoms with Gasteiger partial charge >= 0.3 is 0 Å². The third-order valence-electron chi connectivity index (χ3n) is 3.85. The average molecular weight is 278 g/mol. The van der Waals surface area contributed by atoms with Gasteiger partial charge in [-0.25, -0.2) is 0 Å². The lowest BCUT2D eigenvalue weighted by Crippen LogP contribution is -2.32. The van der Waals surface area contributed by atoms with Crippen LogP contribution in [0.1, 0.15) is 45.4 Å². The lowest BCUT2D eigenvalue weighted by atomic mass is 10.1. The van der Waals surface area contributed by atoms with Gasteiger partial charge in [-0.15, -0.1) is 0 Å². The van der Waals surface area contributed by atoms with Crippen molar-refractivity contribution in [3.05, 3.63) is 18.2 Å². The Morgan fingerprint density at radius 2 is 2.10 bits per heavy atom. The van der Waals surface area contributed by atoms with Gasteiger partial charge in [0.25, 0.3) is 0 Å². The molecule has 0 spiro atoms. The second-order valence-electron chi connectivity index (χ2n) is 5.52. The number of nitrogen functional groups attached to an aromatic ring is 1. The number of hydrogen-bond acceptors (Lipinski definition) is 4. The standard InChI is InChI=1S/C16H26N2O2/c1-2-11-20-15-10-6-8-13(16(15)17)18-12-7-4-3-5-9-14(12)19/h6,8,10,12,14,18-19H,2-5,7,9,11,17H2,1H3. The average Bonchev–Trinajstić information content (AvgIpc) is 2.65. The molecule has 0 heterocycles. The quantitative estimate of drug-likeness (QED) is 0.571. The first-order chi connectivity index (χ1) is 9.72. The number of aliphatic hydroxyl groups is 1. The van der Waals surface area contributed by atoms with Crippen LogP contribution in [0.2, 0.25) is 0 Å². The Hall–Kier alpha value is -1.42. The molecule has 4 N–H and O–H groups in total. The van der Waals surface area contributed by atoms with Crippen molar-refractivity contribution in [3.8, 4) is 5.75 Å². The van der Waals surface area contributed by atoms with Crippen LogP contribution in [0.5, 0.6) is 5.75 Å². The Balaban J connectivity index is 2.07. The van der Waals surface area contributed by atoms with Gasteiger partial charge in [-0.05, 0) is 31.4 Å². The number of hydrogen-bond donors (Lipinski definition) is 3. The van der Waals surface area contributed by atoms with Crippen LogP contribution in [0, 0.1) is 0 Å². The molecule has 0 saturated heterocycles. The zero-order valence-corrected chi connectivity index (χ0v) is 12.3. The van der Waals surface area contributed by atoms with E-state index in [1.807, 2.05) is 18.2 Å². The number of anilines is 2. The number of aliphatic hydroxyl groups excluding tert-OH is 1. The summed E-state index contributed by atoms with van der Waals surface area (Å²) in [6.07, 6.45) is 5.97. The summed E-state index contributed by atoms with van der Waals surface area (Å²) >= 11 is 0. The number of nitrogens with two attached hydrogens (primary N) is 1. The van der Waals surface area contributed by atoms with Crippen LogP contribution >= 0.6 is 0 Å². The maximum absolute atomic E-state index is 10.2. The fraction of sp³-hybridized carbons (Fsp3) is 0.625. The number of ether oxygens (including phenoxy) is 1. The zero-order chi connectivity index (χ0) is 14.4. The summed E-state index contributed by atoms with van der Waals surface area (Å²) in [5, 5.41) is 13.6. The Kier molecular flexibility index (Phi) is 5.53. The summed E-state index contributed by atoms with van der Waals surface area (Å²) in [4.78, 5) is 0. The molecule has 4 heteroatoms. The predicted molar refractivity (Wildman–Crippen MR) is 83.1 cm³/mol. The predicted octanol–water partition coefficient (Wildman–Crippen LogP) is 3.16. The van der Waals surface area contributed by atoms with Gasteiger partial charge < -0.3 is 20.9 Å². The number of rotatable bonds is 5. The normalized spacial score (nSPS) is 23.1. The number of para-hydroxylation sites is 1. The van der Waals surface area contributed by atoms with Gasteiger partial charge in [-0.2, -0.15) is 0 Å². The number of benzene rings is 1. The zero-order valence-electron chi connectivity index (χ0n) is 12.3. The van der Waals surface area contributed by atoms with E-state index >= 15 is 0 Å². The minimum Gasteiger partial charge on any atom is -0.491 e. The van der Waals surface area contributed by atoms with Crippen molar-refractivity contribution in [2.24, 2.45) is 0 Å². The molecule has 1 aliphatic rings. The first-order valence-corrected chi connectivity index (χ1v) is 7.68. The maximum atomic E-state index is 10.2. The largest absolute Gasteiger partial charge is 0.491 e. The molecule has 0 amide bonds. The lowest BCUT2D eigenvalue weighted by Gasteiger charge is -2.24. The lowest BCUT2D eigenvalue weighted by molar-refractivity contribution is 0.144. The van der Waals surface area contributed by atoms with Crippen molar-refractivity contribution in [1.29, 1.82) is 0 Å². The first kappa shape index (κ1) is 15.0. The van der Waals surface area contributed by atoms with Gasteiger partial charge in [-0.3, -0.25) is 0 Å². The summed E-state index contributed by atoms with van der Waals surface area (Å²) in [6.45, 7) is 2.74. The van der Waals surface area contributed by atoms with E-state index in [1.54, 1.807) is 0 Å². The van der Waals surface area contributed by atoms with Crippen molar-refractivity contribution in [1.82, 2.24) is 0 Å². The van der Waals surface area contributed by atoms with E-state index in [4.69, 9.17) is 10.5 Å². The number of nitrogens with one attached hydrogen (secondary N) is 1. The molecule has 2 atom stereocenters. The van der Waals surface area contributed by atoms with E-state index in [0.717, 1.165) is 43.5 Å². The van der Waals surface area contributed by atoms with Crippen molar-refractivity contribution < 1.29 is 9.84 Å². The summed E-state index contributed by atoms with van der Waals surface area (Å²) in [5.74, 6) is 0.722. The van der Waals surface area contributed by atoms with E-state index in [0.29, 0.717) is 12.3 Å². The summed E-state index contributed by atoms with van der Waals surface area (Å²) < 4.78 is 5.64. The fourth-order valence-electron chi connectivity index (χ4n) is 2.66. The fourth-order valence-corrected chi connectivity index (χ4v) is 2.66. The van der Waals surface area contributed by atoms with Crippen LogP contribution in [0.25, 0.3) is 0 Å². The highest BCUT2D eigenvalue weighted by atomic mass is 16.5. The van der Waals surface area contributed by atoms with Crippen molar-refractivity contribution in [3.63, 3.8) is 0 Å². The van der Waals surface area contributed by atoms with Crippen LogP contribution in [-0.4, -0.2) is 23.9 Å². The molecule has 0 radical (unpaired) electrons. The molecular formula is C16H26N2O2. The van der Waals surface area contributed by atoms with E-state index < -0.39 is 0 Å². The molecule has 20 heavy (non-hydrogen) atoms. The molecule has 112 valence electrons. The van der Waals surface area contributed by atoms with Crippen LogP contribution in [-0.2, 0) is 0 Å². The van der Waals surface area contributed by atoms with E-state index in [2.05, 4.69) is 12.2 Å². The SMILES string of the molecule is CCCOc1cccc(NC2CCCCCC2O)c1N. The molecule has 0 aromatic heterocycles. The third kappa shape index (κ3) is 3.79. The monoisotopic (exact) mass is 278 g/mol. The molecule has 1 aliphatic carbocycles. The van der Waals surface area contributed by atoms with Crippen molar-refractivity contribution in [2.45, 2.75) is 57.6 Å². The Labute approximate surface area is 121 Å². The first-order valence-electron chi connectivity index (χ1n) is 7.68. The Morgan fingerprint density at radius 1 is 1.30 bits per heavy atom. The van der Waals surface area contributed by atoms with Crippen LogP contribution in [0.3, 0.4) is 0 Å². The highest BCUT2D eigenvalue weighted by molar-refractivity contribution is 5.73. The molecule has 1 saturated carbocycles. The van der Waals surface area contributed by atoms with Gasteiger partial charge in [0.2, 0.25) is 0 Å². The summed E-state index contributed by atoms with van der Waals surface area (Å²) in [6, 6.07) is 5.86. The Bertz CT molecular complexity index is 423. The van der Waals surface area contributed by atoms with Gasteiger partial charge in [0, 0.05) is 0 Å².